The second kappa shape index (κ2) is 5.06. The Kier molecular flexibility index (Phi) is 3.46. The normalized spacial score (nSPS) is 10.7. The van der Waals surface area contributed by atoms with Gasteiger partial charge in [-0.1, -0.05) is 13.8 Å². The second-order valence-electron chi connectivity index (χ2n) is 4.54. The van der Waals surface area contributed by atoms with Crippen molar-refractivity contribution in [2.75, 3.05) is 0 Å². The molecule has 0 aromatic carbocycles. The van der Waals surface area contributed by atoms with Gasteiger partial charge in [0.1, 0.15) is 5.56 Å². The van der Waals surface area contributed by atoms with Crippen molar-refractivity contribution in [1.82, 2.24) is 9.97 Å². The first-order chi connectivity index (χ1) is 9.00. The van der Waals surface area contributed by atoms with Gasteiger partial charge in [0.25, 0.3) is 5.56 Å². The zero-order chi connectivity index (χ0) is 14.0. The van der Waals surface area contributed by atoms with E-state index in [9.17, 15) is 9.59 Å². The summed E-state index contributed by atoms with van der Waals surface area (Å²) in [7, 11) is 0. The van der Waals surface area contributed by atoms with Crippen LogP contribution in [0.15, 0.2) is 35.4 Å². The predicted octanol–water partition coefficient (Wildman–Crippen LogP) is 2.26. The van der Waals surface area contributed by atoms with Crippen LogP contribution < -0.4 is 5.56 Å². The van der Waals surface area contributed by atoms with E-state index in [1.807, 2.05) is 13.8 Å². The number of hydrogen-bond donors (Lipinski definition) is 2. The summed E-state index contributed by atoms with van der Waals surface area (Å²) in [5.41, 5.74) is 1.44. The van der Waals surface area contributed by atoms with Gasteiger partial charge in [0.15, 0.2) is 0 Å². The highest BCUT2D eigenvalue weighted by atomic mass is 16.4. The molecule has 0 unspecified atom stereocenters. The van der Waals surface area contributed by atoms with Crippen molar-refractivity contribution >= 4 is 5.97 Å². The van der Waals surface area contributed by atoms with Crippen molar-refractivity contribution in [2.45, 2.75) is 19.8 Å². The number of nitrogens with one attached hydrogen (secondary N) is 1. The Morgan fingerprint density at radius 1 is 1.32 bits per heavy atom. The summed E-state index contributed by atoms with van der Waals surface area (Å²) in [6, 6.07) is 4.99. The maximum atomic E-state index is 11.7. The number of rotatable bonds is 3. The number of aromatic amines is 1. The fourth-order valence-corrected chi connectivity index (χ4v) is 1.93. The van der Waals surface area contributed by atoms with E-state index in [-0.39, 0.29) is 11.5 Å². The molecule has 0 radical (unpaired) electrons. The van der Waals surface area contributed by atoms with E-state index in [4.69, 9.17) is 5.11 Å². The third kappa shape index (κ3) is 2.54. The smallest absolute Gasteiger partial charge is 0.341 e. The number of hydrogen-bond acceptors (Lipinski definition) is 3. The van der Waals surface area contributed by atoms with E-state index < -0.39 is 11.5 Å². The fourth-order valence-electron chi connectivity index (χ4n) is 1.93. The van der Waals surface area contributed by atoms with E-state index in [2.05, 4.69) is 9.97 Å². The standard InChI is InChI=1S/C14H14N2O3/c1-8(2)12-10(9-3-5-15-6-4-9)7-11(14(18)19)13(17)16-12/h3-8H,1-2H3,(H,16,17)(H,18,19). The molecule has 0 spiro atoms. The lowest BCUT2D eigenvalue weighted by molar-refractivity contribution is 0.0695. The maximum Gasteiger partial charge on any atom is 0.341 e. The molecule has 0 aliphatic heterocycles. The molecule has 0 aliphatic carbocycles. The summed E-state index contributed by atoms with van der Waals surface area (Å²) in [5.74, 6) is -1.15. The molecule has 2 rings (SSSR count). The zero-order valence-electron chi connectivity index (χ0n) is 10.7. The van der Waals surface area contributed by atoms with Crippen molar-refractivity contribution in [2.24, 2.45) is 0 Å². The van der Waals surface area contributed by atoms with Crippen molar-refractivity contribution in [3.05, 3.63) is 52.2 Å². The molecular formula is C14H14N2O3. The Bertz CT molecular complexity index is 660. The molecular weight excluding hydrogens is 244 g/mol. The number of aromatic carboxylic acids is 1. The first kappa shape index (κ1) is 13.0. The molecule has 98 valence electrons. The van der Waals surface area contributed by atoms with E-state index in [1.54, 1.807) is 24.5 Å². The van der Waals surface area contributed by atoms with Crippen LogP contribution in [0.5, 0.6) is 0 Å². The van der Waals surface area contributed by atoms with Crippen LogP contribution in [0, 0.1) is 0 Å². The first-order valence-corrected chi connectivity index (χ1v) is 5.91. The Balaban J connectivity index is 2.73. The summed E-state index contributed by atoms with van der Waals surface area (Å²) in [5, 5.41) is 9.03. The molecule has 0 saturated carbocycles. The quantitative estimate of drug-likeness (QED) is 0.884. The number of H-pyrrole nitrogens is 1. The molecule has 0 amide bonds. The molecule has 2 aromatic heterocycles. The number of nitrogens with zero attached hydrogens (tertiary/aromatic N) is 1. The third-order valence-electron chi connectivity index (χ3n) is 2.87. The summed E-state index contributed by atoms with van der Waals surface area (Å²) < 4.78 is 0. The van der Waals surface area contributed by atoms with Crippen molar-refractivity contribution in [3.8, 4) is 11.1 Å². The van der Waals surface area contributed by atoms with Gasteiger partial charge in [0.05, 0.1) is 0 Å². The number of carbonyl (C=O) groups is 1. The molecule has 0 bridgehead atoms. The van der Waals surface area contributed by atoms with Gasteiger partial charge in [0, 0.05) is 23.7 Å². The lowest BCUT2D eigenvalue weighted by Gasteiger charge is -2.13. The van der Waals surface area contributed by atoms with Crippen molar-refractivity contribution in [1.29, 1.82) is 0 Å². The van der Waals surface area contributed by atoms with Crippen molar-refractivity contribution in [3.63, 3.8) is 0 Å². The van der Waals surface area contributed by atoms with Gasteiger partial charge in [-0.2, -0.15) is 0 Å². The summed E-state index contributed by atoms with van der Waals surface area (Å²) in [4.78, 5) is 29.4. The molecule has 0 atom stereocenters. The molecule has 5 heteroatoms. The van der Waals surface area contributed by atoms with Crippen LogP contribution in [0.25, 0.3) is 11.1 Å². The van der Waals surface area contributed by atoms with Crippen LogP contribution in [-0.2, 0) is 0 Å². The molecule has 0 aliphatic rings. The van der Waals surface area contributed by atoms with E-state index in [0.29, 0.717) is 0 Å². The highest BCUT2D eigenvalue weighted by Gasteiger charge is 2.16. The number of pyridine rings is 2. The van der Waals surface area contributed by atoms with E-state index >= 15 is 0 Å². The van der Waals surface area contributed by atoms with Crippen LogP contribution >= 0.6 is 0 Å². The summed E-state index contributed by atoms with van der Waals surface area (Å²) in [6.07, 6.45) is 3.26. The molecule has 2 N–H and O–H groups in total. The summed E-state index contributed by atoms with van der Waals surface area (Å²) in [6.45, 7) is 3.88. The molecule has 0 fully saturated rings. The summed E-state index contributed by atoms with van der Waals surface area (Å²) >= 11 is 0. The highest BCUT2D eigenvalue weighted by Crippen LogP contribution is 2.26. The number of carboxylic acid groups (broad SMARTS) is 1. The topological polar surface area (TPSA) is 83.0 Å². The highest BCUT2D eigenvalue weighted by molar-refractivity contribution is 5.89. The minimum absolute atomic E-state index is 0.0821. The SMILES string of the molecule is CC(C)c1[nH]c(=O)c(C(=O)O)cc1-c1ccncc1. The van der Waals surface area contributed by atoms with E-state index in [0.717, 1.165) is 16.8 Å². The average Bonchev–Trinajstić information content (AvgIpc) is 2.38. The Morgan fingerprint density at radius 3 is 2.47 bits per heavy atom. The number of aromatic nitrogens is 2. The minimum Gasteiger partial charge on any atom is -0.477 e. The number of carboxylic acids is 1. The van der Waals surface area contributed by atoms with Gasteiger partial charge in [0.2, 0.25) is 0 Å². The molecule has 19 heavy (non-hydrogen) atoms. The average molecular weight is 258 g/mol. The monoisotopic (exact) mass is 258 g/mol. The zero-order valence-corrected chi connectivity index (χ0v) is 10.7. The Labute approximate surface area is 110 Å². The minimum atomic E-state index is -1.23. The van der Waals surface area contributed by atoms with Crippen LogP contribution in [0.1, 0.15) is 35.8 Å². The molecule has 5 nitrogen and oxygen atoms in total. The van der Waals surface area contributed by atoms with Crippen LogP contribution in [0.3, 0.4) is 0 Å². The third-order valence-corrected chi connectivity index (χ3v) is 2.87. The Hall–Kier alpha value is -2.43. The second-order valence-corrected chi connectivity index (χ2v) is 4.54. The van der Waals surface area contributed by atoms with E-state index in [1.165, 1.54) is 6.07 Å². The lowest BCUT2D eigenvalue weighted by atomic mass is 9.97. The van der Waals surface area contributed by atoms with Crippen molar-refractivity contribution < 1.29 is 9.90 Å². The molecule has 2 heterocycles. The van der Waals surface area contributed by atoms with Crippen LogP contribution in [0.4, 0.5) is 0 Å². The molecule has 2 aromatic rings. The maximum absolute atomic E-state index is 11.7. The van der Waals surface area contributed by atoms with Crippen LogP contribution in [-0.4, -0.2) is 21.0 Å². The van der Waals surface area contributed by atoms with Gasteiger partial charge in [-0.3, -0.25) is 9.78 Å². The van der Waals surface area contributed by atoms with Gasteiger partial charge in [-0.25, -0.2) is 4.79 Å². The Morgan fingerprint density at radius 2 is 1.95 bits per heavy atom. The molecule has 0 saturated heterocycles. The van der Waals surface area contributed by atoms with Crippen LogP contribution in [0.2, 0.25) is 0 Å². The predicted molar refractivity (Wildman–Crippen MR) is 71.3 cm³/mol. The van der Waals surface area contributed by atoms with Gasteiger partial charge in [-0.15, -0.1) is 0 Å². The fraction of sp³-hybridized carbons (Fsp3) is 0.214. The van der Waals surface area contributed by atoms with Gasteiger partial charge < -0.3 is 10.1 Å². The van der Waals surface area contributed by atoms with Gasteiger partial charge in [-0.05, 0) is 29.7 Å². The largest absolute Gasteiger partial charge is 0.477 e. The van der Waals surface area contributed by atoms with Gasteiger partial charge >= 0.3 is 5.97 Å². The first-order valence-electron chi connectivity index (χ1n) is 5.91. The lowest BCUT2D eigenvalue weighted by Crippen LogP contribution is -2.20.